The number of para-hydroxylation sites is 1. The standard InChI is InChI=1S/C18H22F2N4O/c1-13(22(2)12-16-21-9-11-24(16)18(19)20)17(25)23-10-5-7-14-6-3-4-8-15(14)23/h3-4,6,8-9,11,13,18H,5,7,10,12H2,1-2H3. The van der Waals surface area contributed by atoms with Gasteiger partial charge in [-0.1, -0.05) is 18.2 Å². The van der Waals surface area contributed by atoms with E-state index in [1.165, 1.54) is 18.0 Å². The first kappa shape index (κ1) is 17.5. The molecule has 0 bridgehead atoms. The van der Waals surface area contributed by atoms with Crippen molar-refractivity contribution < 1.29 is 13.6 Å². The molecule has 25 heavy (non-hydrogen) atoms. The molecule has 134 valence electrons. The van der Waals surface area contributed by atoms with Gasteiger partial charge in [0.05, 0.1) is 12.6 Å². The van der Waals surface area contributed by atoms with Gasteiger partial charge in [0.15, 0.2) is 0 Å². The summed E-state index contributed by atoms with van der Waals surface area (Å²) in [6.45, 7) is 0.0279. The molecule has 2 aromatic rings. The van der Waals surface area contributed by atoms with Crippen LogP contribution in [0.15, 0.2) is 36.7 Å². The highest BCUT2D eigenvalue weighted by molar-refractivity contribution is 5.97. The van der Waals surface area contributed by atoms with E-state index in [2.05, 4.69) is 4.98 Å². The predicted octanol–water partition coefficient (Wildman–Crippen LogP) is 3.08. The lowest BCUT2D eigenvalue weighted by atomic mass is 10.0. The van der Waals surface area contributed by atoms with Gasteiger partial charge in [0.1, 0.15) is 5.82 Å². The number of alkyl halides is 2. The molecule has 2 heterocycles. The van der Waals surface area contributed by atoms with Gasteiger partial charge in [-0.15, -0.1) is 0 Å². The molecule has 1 amide bonds. The lowest BCUT2D eigenvalue weighted by Gasteiger charge is -2.34. The molecule has 0 N–H and O–H groups in total. The molecule has 1 aromatic heterocycles. The van der Waals surface area contributed by atoms with Gasteiger partial charge < -0.3 is 4.90 Å². The van der Waals surface area contributed by atoms with E-state index in [4.69, 9.17) is 0 Å². The number of rotatable bonds is 5. The normalized spacial score (nSPS) is 15.5. The van der Waals surface area contributed by atoms with Crippen molar-refractivity contribution in [3.05, 3.63) is 48.0 Å². The number of aromatic nitrogens is 2. The van der Waals surface area contributed by atoms with E-state index in [9.17, 15) is 13.6 Å². The predicted molar refractivity (Wildman–Crippen MR) is 91.5 cm³/mol. The fraction of sp³-hybridized carbons (Fsp3) is 0.444. The van der Waals surface area contributed by atoms with E-state index >= 15 is 0 Å². The zero-order chi connectivity index (χ0) is 18.0. The second kappa shape index (κ2) is 7.31. The Morgan fingerprint density at radius 3 is 2.88 bits per heavy atom. The van der Waals surface area contributed by atoms with Gasteiger partial charge in [-0.3, -0.25) is 14.3 Å². The van der Waals surface area contributed by atoms with E-state index < -0.39 is 12.6 Å². The third-order valence-corrected chi connectivity index (χ3v) is 4.74. The van der Waals surface area contributed by atoms with Crippen LogP contribution in [0.1, 0.15) is 31.3 Å². The SMILES string of the molecule is CC(C(=O)N1CCCc2ccccc21)N(C)Cc1nccn1C(F)F. The van der Waals surface area contributed by atoms with Crippen LogP contribution < -0.4 is 4.90 Å². The number of likely N-dealkylation sites (N-methyl/N-ethyl adjacent to an activating group) is 1. The number of carbonyl (C=O) groups is 1. The second-order valence-corrected chi connectivity index (χ2v) is 6.34. The maximum absolute atomic E-state index is 13.0. The number of amides is 1. The molecule has 0 aliphatic carbocycles. The Bertz CT molecular complexity index is 746. The second-order valence-electron chi connectivity index (χ2n) is 6.34. The Labute approximate surface area is 145 Å². The van der Waals surface area contributed by atoms with Gasteiger partial charge in [-0.25, -0.2) is 4.98 Å². The molecular weight excluding hydrogens is 326 g/mol. The quantitative estimate of drug-likeness (QED) is 0.834. The molecule has 1 atom stereocenters. The van der Waals surface area contributed by atoms with Crippen LogP contribution in [0.2, 0.25) is 0 Å². The van der Waals surface area contributed by atoms with Crippen LogP contribution in [0.4, 0.5) is 14.5 Å². The fourth-order valence-corrected chi connectivity index (χ4v) is 3.18. The molecule has 1 aliphatic rings. The molecule has 0 spiro atoms. The summed E-state index contributed by atoms with van der Waals surface area (Å²) in [7, 11) is 1.75. The molecule has 0 saturated heterocycles. The Morgan fingerprint density at radius 1 is 1.36 bits per heavy atom. The molecule has 0 fully saturated rings. The minimum atomic E-state index is -2.63. The van der Waals surface area contributed by atoms with Crippen LogP contribution in [0.3, 0.4) is 0 Å². The summed E-state index contributed by atoms with van der Waals surface area (Å²) in [5, 5.41) is 0. The molecule has 1 aliphatic heterocycles. The molecule has 1 aromatic carbocycles. The first-order valence-electron chi connectivity index (χ1n) is 8.38. The van der Waals surface area contributed by atoms with Crippen LogP contribution in [0.25, 0.3) is 0 Å². The lowest BCUT2D eigenvalue weighted by molar-refractivity contribution is -0.123. The van der Waals surface area contributed by atoms with Crippen molar-refractivity contribution in [2.45, 2.75) is 38.9 Å². The Kier molecular flexibility index (Phi) is 5.13. The lowest BCUT2D eigenvalue weighted by Crippen LogP contribution is -2.47. The third-order valence-electron chi connectivity index (χ3n) is 4.74. The zero-order valence-corrected chi connectivity index (χ0v) is 14.4. The summed E-state index contributed by atoms with van der Waals surface area (Å²) in [6, 6.07) is 7.48. The van der Waals surface area contributed by atoms with E-state index in [-0.39, 0.29) is 18.3 Å². The summed E-state index contributed by atoms with van der Waals surface area (Å²) in [4.78, 5) is 20.5. The van der Waals surface area contributed by atoms with Crippen molar-refractivity contribution in [3.63, 3.8) is 0 Å². The van der Waals surface area contributed by atoms with Crippen LogP contribution in [0, 0.1) is 0 Å². The number of hydrogen-bond donors (Lipinski definition) is 0. The fourth-order valence-electron chi connectivity index (χ4n) is 3.18. The minimum Gasteiger partial charge on any atom is -0.311 e. The topological polar surface area (TPSA) is 41.4 Å². The highest BCUT2D eigenvalue weighted by atomic mass is 19.3. The number of aryl methyl sites for hydroxylation is 1. The summed E-state index contributed by atoms with van der Waals surface area (Å²) in [5.74, 6) is 0.223. The van der Waals surface area contributed by atoms with Gasteiger partial charge in [-0.05, 0) is 38.4 Å². The number of hydrogen-bond acceptors (Lipinski definition) is 3. The summed E-state index contributed by atoms with van der Waals surface area (Å²) in [5.41, 5.74) is 2.12. The number of anilines is 1. The molecule has 5 nitrogen and oxygen atoms in total. The molecule has 1 unspecified atom stereocenters. The van der Waals surface area contributed by atoms with Gasteiger partial charge >= 0.3 is 6.55 Å². The summed E-state index contributed by atoms with van der Waals surface area (Å²) in [6.07, 6.45) is 4.49. The highest BCUT2D eigenvalue weighted by Gasteiger charge is 2.29. The van der Waals surface area contributed by atoms with E-state index in [0.717, 1.165) is 23.1 Å². The van der Waals surface area contributed by atoms with E-state index in [0.29, 0.717) is 6.54 Å². The maximum Gasteiger partial charge on any atom is 0.319 e. The van der Waals surface area contributed by atoms with Crippen LogP contribution in [-0.4, -0.2) is 40.0 Å². The monoisotopic (exact) mass is 348 g/mol. The number of halogens is 2. The Hall–Kier alpha value is -2.28. The van der Waals surface area contributed by atoms with Gasteiger partial charge in [0.25, 0.3) is 0 Å². The maximum atomic E-state index is 13.0. The van der Waals surface area contributed by atoms with E-state index in [1.807, 2.05) is 24.3 Å². The molecule has 7 heteroatoms. The Balaban J connectivity index is 1.73. The van der Waals surface area contributed by atoms with E-state index in [1.54, 1.807) is 23.8 Å². The summed E-state index contributed by atoms with van der Waals surface area (Å²) >= 11 is 0. The van der Waals surface area contributed by atoms with Crippen LogP contribution in [-0.2, 0) is 17.8 Å². The first-order chi connectivity index (χ1) is 12.0. The number of nitrogens with zero attached hydrogens (tertiary/aromatic N) is 4. The molecule has 0 radical (unpaired) electrons. The van der Waals surface area contributed by atoms with Gasteiger partial charge in [0, 0.05) is 24.6 Å². The molecule has 0 saturated carbocycles. The smallest absolute Gasteiger partial charge is 0.311 e. The average molecular weight is 348 g/mol. The zero-order valence-electron chi connectivity index (χ0n) is 14.4. The van der Waals surface area contributed by atoms with Crippen molar-refractivity contribution in [1.29, 1.82) is 0 Å². The largest absolute Gasteiger partial charge is 0.319 e. The highest BCUT2D eigenvalue weighted by Crippen LogP contribution is 2.27. The van der Waals surface area contributed by atoms with Crippen LogP contribution >= 0.6 is 0 Å². The number of imidazole rings is 1. The number of fused-ring (bicyclic) bond motifs is 1. The number of carbonyl (C=O) groups excluding carboxylic acids is 1. The van der Waals surface area contributed by atoms with Crippen molar-refractivity contribution >= 4 is 11.6 Å². The van der Waals surface area contributed by atoms with Gasteiger partial charge in [-0.2, -0.15) is 8.78 Å². The minimum absolute atomic E-state index is 0.0233. The Morgan fingerprint density at radius 2 is 2.12 bits per heavy atom. The third kappa shape index (κ3) is 3.56. The van der Waals surface area contributed by atoms with Crippen LogP contribution in [0.5, 0.6) is 0 Å². The molecule has 3 rings (SSSR count). The van der Waals surface area contributed by atoms with Crippen molar-refractivity contribution in [1.82, 2.24) is 14.5 Å². The van der Waals surface area contributed by atoms with Crippen molar-refractivity contribution in [3.8, 4) is 0 Å². The molecular formula is C18H22F2N4O. The number of benzene rings is 1. The van der Waals surface area contributed by atoms with Gasteiger partial charge in [0.2, 0.25) is 5.91 Å². The summed E-state index contributed by atoms with van der Waals surface area (Å²) < 4.78 is 26.7. The first-order valence-corrected chi connectivity index (χ1v) is 8.38. The van der Waals surface area contributed by atoms with Crippen molar-refractivity contribution in [2.75, 3.05) is 18.5 Å². The van der Waals surface area contributed by atoms with Crippen molar-refractivity contribution in [2.24, 2.45) is 0 Å². The average Bonchev–Trinajstić information content (AvgIpc) is 3.08.